The van der Waals surface area contributed by atoms with Crippen LogP contribution < -0.4 is 4.72 Å². The number of Topliss-reactive ketones (excluding diaryl/α,β-unsaturated/α-hetero) is 1. The Bertz CT molecular complexity index is 1170. The van der Waals surface area contributed by atoms with Crippen LogP contribution in [0.25, 0.3) is 10.9 Å². The summed E-state index contributed by atoms with van der Waals surface area (Å²) in [5, 5.41) is 0.774. The first-order valence-corrected chi connectivity index (χ1v) is 10.4. The van der Waals surface area contributed by atoms with E-state index in [4.69, 9.17) is 0 Å². The minimum Gasteiger partial charge on any atom is -0.358 e. The second-order valence-corrected chi connectivity index (χ2v) is 8.38. The molecule has 0 aliphatic heterocycles. The van der Waals surface area contributed by atoms with Gasteiger partial charge in [0, 0.05) is 28.6 Å². The molecular weight excluding hydrogens is 367 g/mol. The summed E-state index contributed by atoms with van der Waals surface area (Å²) in [6.45, 7) is 1.86. The van der Waals surface area contributed by atoms with Gasteiger partial charge in [0.25, 0.3) is 10.0 Å². The normalized spacial score (nSPS) is 14.4. The van der Waals surface area contributed by atoms with Crippen molar-refractivity contribution in [3.05, 3.63) is 59.0 Å². The third kappa shape index (κ3) is 3.12. The zero-order valence-electron chi connectivity index (χ0n) is 14.8. The van der Waals surface area contributed by atoms with Gasteiger partial charge in [0.1, 0.15) is 5.82 Å². The van der Waals surface area contributed by atoms with E-state index < -0.39 is 15.8 Å². The molecule has 140 valence electrons. The Hall–Kier alpha value is -2.67. The van der Waals surface area contributed by atoms with E-state index in [1.807, 2.05) is 6.92 Å². The van der Waals surface area contributed by atoms with Crippen molar-refractivity contribution in [3.63, 3.8) is 0 Å². The molecule has 0 amide bonds. The van der Waals surface area contributed by atoms with Crippen molar-refractivity contribution in [1.82, 2.24) is 4.98 Å². The van der Waals surface area contributed by atoms with Crippen molar-refractivity contribution in [2.75, 3.05) is 4.72 Å². The summed E-state index contributed by atoms with van der Waals surface area (Å²) in [6.07, 6.45) is 2.58. The fourth-order valence-electron chi connectivity index (χ4n) is 3.67. The number of H-pyrrole nitrogens is 1. The zero-order chi connectivity index (χ0) is 19.2. The van der Waals surface area contributed by atoms with Crippen molar-refractivity contribution in [2.45, 2.75) is 37.5 Å². The molecule has 0 radical (unpaired) electrons. The molecule has 4 rings (SSSR count). The number of nitrogens with one attached hydrogen (secondary N) is 2. The van der Waals surface area contributed by atoms with E-state index in [0.717, 1.165) is 30.0 Å². The maximum Gasteiger partial charge on any atom is 0.262 e. The van der Waals surface area contributed by atoms with E-state index in [1.54, 1.807) is 12.1 Å². The van der Waals surface area contributed by atoms with E-state index >= 15 is 0 Å². The molecule has 5 nitrogen and oxygen atoms in total. The standard InChI is InChI=1S/C20H19FN2O3S/c1-2-12-9-15-17(22-16-7-4-8-18(24)20(15)16)11-19(12)27(25,26)23-14-6-3-5-13(21)10-14/h3,5-6,9-11,22-23H,2,4,7-8H2,1H3. The molecule has 0 fully saturated rings. The quantitative estimate of drug-likeness (QED) is 0.706. The lowest BCUT2D eigenvalue weighted by molar-refractivity contribution is 0.0974. The summed E-state index contributed by atoms with van der Waals surface area (Å²) >= 11 is 0. The lowest BCUT2D eigenvalue weighted by Crippen LogP contribution is -2.15. The van der Waals surface area contributed by atoms with Crippen LogP contribution in [0, 0.1) is 5.82 Å². The molecule has 2 N–H and O–H groups in total. The minimum atomic E-state index is -3.90. The summed E-state index contributed by atoms with van der Waals surface area (Å²) in [4.78, 5) is 15.7. The Morgan fingerprint density at radius 3 is 2.74 bits per heavy atom. The highest BCUT2D eigenvalue weighted by molar-refractivity contribution is 7.92. The van der Waals surface area contributed by atoms with Crippen LogP contribution in [0.2, 0.25) is 0 Å². The molecule has 3 aromatic rings. The number of anilines is 1. The lowest BCUT2D eigenvalue weighted by Gasteiger charge is -2.13. The van der Waals surface area contributed by atoms with Crippen LogP contribution in [0.15, 0.2) is 41.3 Å². The van der Waals surface area contributed by atoms with Gasteiger partial charge < -0.3 is 4.98 Å². The number of fused-ring (bicyclic) bond motifs is 3. The number of hydrogen-bond acceptors (Lipinski definition) is 3. The van der Waals surface area contributed by atoms with Crippen molar-refractivity contribution in [2.24, 2.45) is 0 Å². The number of carbonyl (C=O) groups excluding carboxylic acids is 1. The highest BCUT2D eigenvalue weighted by Crippen LogP contribution is 2.33. The van der Waals surface area contributed by atoms with Crippen LogP contribution in [0.4, 0.5) is 10.1 Å². The van der Waals surface area contributed by atoms with Gasteiger partial charge in [0.15, 0.2) is 5.78 Å². The number of aromatic nitrogens is 1. The van der Waals surface area contributed by atoms with E-state index in [9.17, 15) is 17.6 Å². The number of hydrogen-bond donors (Lipinski definition) is 2. The average Bonchev–Trinajstić information content (AvgIpc) is 2.99. The molecule has 1 heterocycles. The molecule has 1 aromatic heterocycles. The third-order valence-electron chi connectivity index (χ3n) is 4.91. The maximum absolute atomic E-state index is 13.4. The topological polar surface area (TPSA) is 79.0 Å². The average molecular weight is 386 g/mol. The van der Waals surface area contributed by atoms with Crippen molar-refractivity contribution >= 4 is 32.4 Å². The monoisotopic (exact) mass is 386 g/mol. The molecular formula is C20H19FN2O3S. The van der Waals surface area contributed by atoms with Gasteiger partial charge in [-0.15, -0.1) is 0 Å². The van der Waals surface area contributed by atoms with Gasteiger partial charge >= 0.3 is 0 Å². The molecule has 0 spiro atoms. The summed E-state index contributed by atoms with van der Waals surface area (Å²) in [5.41, 5.74) is 2.97. The number of ketones is 1. The smallest absolute Gasteiger partial charge is 0.262 e. The van der Waals surface area contributed by atoms with E-state index in [-0.39, 0.29) is 16.4 Å². The van der Waals surface area contributed by atoms with Crippen LogP contribution in [-0.2, 0) is 22.9 Å². The van der Waals surface area contributed by atoms with Gasteiger partial charge in [-0.05, 0) is 55.2 Å². The number of rotatable bonds is 4. The van der Waals surface area contributed by atoms with Crippen LogP contribution in [0.5, 0.6) is 0 Å². The maximum atomic E-state index is 13.4. The first-order chi connectivity index (χ1) is 12.9. The Kier molecular flexibility index (Phi) is 4.26. The molecule has 0 bridgehead atoms. The molecule has 1 aliphatic carbocycles. The molecule has 0 atom stereocenters. The van der Waals surface area contributed by atoms with Gasteiger partial charge in [-0.2, -0.15) is 0 Å². The van der Waals surface area contributed by atoms with Gasteiger partial charge in [-0.1, -0.05) is 13.0 Å². The lowest BCUT2D eigenvalue weighted by atomic mass is 9.94. The minimum absolute atomic E-state index is 0.0954. The Morgan fingerprint density at radius 2 is 2.00 bits per heavy atom. The fraction of sp³-hybridized carbons (Fsp3) is 0.250. The SMILES string of the molecule is CCc1cc2c3c([nH]c2cc1S(=O)(=O)Nc1cccc(F)c1)CCCC3=O. The molecule has 7 heteroatoms. The van der Waals surface area contributed by atoms with E-state index in [0.29, 0.717) is 29.5 Å². The molecule has 1 aliphatic rings. The predicted molar refractivity (Wildman–Crippen MR) is 102 cm³/mol. The number of aromatic amines is 1. The van der Waals surface area contributed by atoms with Gasteiger partial charge in [0.2, 0.25) is 0 Å². The first kappa shape index (κ1) is 17.7. The second kappa shape index (κ2) is 6.49. The molecule has 0 unspecified atom stereocenters. The van der Waals surface area contributed by atoms with Crippen LogP contribution >= 0.6 is 0 Å². The predicted octanol–water partition coefficient (Wildman–Crippen LogP) is 4.19. The number of halogens is 1. The molecule has 0 saturated carbocycles. The number of carbonyl (C=O) groups is 1. The first-order valence-electron chi connectivity index (χ1n) is 8.88. The molecule has 27 heavy (non-hydrogen) atoms. The van der Waals surface area contributed by atoms with Crippen LogP contribution in [0.3, 0.4) is 0 Å². The largest absolute Gasteiger partial charge is 0.358 e. The van der Waals surface area contributed by atoms with Gasteiger partial charge in [0.05, 0.1) is 10.6 Å². The van der Waals surface area contributed by atoms with Crippen molar-refractivity contribution in [3.8, 4) is 0 Å². The summed E-state index contributed by atoms with van der Waals surface area (Å²) in [7, 11) is -3.90. The van der Waals surface area contributed by atoms with E-state index in [2.05, 4.69) is 9.71 Å². The zero-order valence-corrected chi connectivity index (χ0v) is 15.6. The Morgan fingerprint density at radius 1 is 1.19 bits per heavy atom. The number of aryl methyl sites for hydroxylation is 2. The molecule has 2 aromatic carbocycles. The summed E-state index contributed by atoms with van der Waals surface area (Å²) in [5.74, 6) is -0.421. The Balaban J connectivity index is 1.84. The summed E-state index contributed by atoms with van der Waals surface area (Å²) < 4.78 is 41.7. The van der Waals surface area contributed by atoms with Crippen molar-refractivity contribution < 1.29 is 17.6 Å². The van der Waals surface area contributed by atoms with Gasteiger partial charge in [-0.25, -0.2) is 12.8 Å². The van der Waals surface area contributed by atoms with Gasteiger partial charge in [-0.3, -0.25) is 9.52 Å². The van der Waals surface area contributed by atoms with E-state index in [1.165, 1.54) is 18.2 Å². The molecule has 0 saturated heterocycles. The van der Waals surface area contributed by atoms with Crippen LogP contribution in [0.1, 0.15) is 41.4 Å². The Labute approximate surface area is 156 Å². The third-order valence-corrected chi connectivity index (χ3v) is 6.38. The van der Waals surface area contributed by atoms with Crippen LogP contribution in [-0.4, -0.2) is 19.2 Å². The summed E-state index contributed by atoms with van der Waals surface area (Å²) in [6, 6.07) is 8.68. The number of sulfonamides is 1. The highest BCUT2D eigenvalue weighted by Gasteiger charge is 2.26. The fourth-order valence-corrected chi connectivity index (χ4v) is 5.04. The number of benzene rings is 2. The van der Waals surface area contributed by atoms with Crippen molar-refractivity contribution in [1.29, 1.82) is 0 Å². The second-order valence-electron chi connectivity index (χ2n) is 6.73. The highest BCUT2D eigenvalue weighted by atomic mass is 32.2.